The highest BCUT2D eigenvalue weighted by Gasteiger charge is 2.41. The van der Waals surface area contributed by atoms with Crippen molar-refractivity contribution < 1.29 is 4.74 Å². The third kappa shape index (κ3) is 4.40. The molecule has 4 nitrogen and oxygen atoms in total. The number of ether oxygens (including phenoxy) is 1. The van der Waals surface area contributed by atoms with Gasteiger partial charge in [0.15, 0.2) is 0 Å². The van der Waals surface area contributed by atoms with Crippen molar-refractivity contribution in [2.24, 2.45) is 0 Å². The van der Waals surface area contributed by atoms with Crippen molar-refractivity contribution in [1.29, 1.82) is 0 Å². The molecule has 2 heterocycles. The number of hydrogen-bond donors (Lipinski definition) is 0. The van der Waals surface area contributed by atoms with Crippen molar-refractivity contribution in [3.8, 4) is 22.6 Å². The van der Waals surface area contributed by atoms with E-state index in [-0.39, 0.29) is 11.5 Å². The van der Waals surface area contributed by atoms with E-state index >= 15 is 0 Å². The molecule has 0 N–H and O–H groups in total. The molecule has 1 unspecified atom stereocenters. The van der Waals surface area contributed by atoms with E-state index in [0.717, 1.165) is 28.6 Å². The minimum atomic E-state index is -0.199. The topological polar surface area (TPSA) is 30.3 Å². The fourth-order valence-electron chi connectivity index (χ4n) is 6.91. The maximum atomic E-state index is 5.60. The lowest BCUT2D eigenvalue weighted by Crippen LogP contribution is -2.31. The average molecular weight is 586 g/mol. The number of hydrogen-bond acceptors (Lipinski definition) is 3. The number of fused-ring (bicyclic) bond motifs is 6. The fourth-order valence-corrected chi connectivity index (χ4v) is 6.91. The van der Waals surface area contributed by atoms with Crippen LogP contribution < -0.4 is 9.64 Å². The molecule has 1 aliphatic heterocycles. The predicted octanol–water partition coefficient (Wildman–Crippen LogP) is 10.4. The van der Waals surface area contributed by atoms with E-state index in [9.17, 15) is 0 Å². The molecule has 45 heavy (non-hydrogen) atoms. The fraction of sp³-hybridized carbons (Fsp3) is 0.146. The van der Waals surface area contributed by atoms with Gasteiger partial charge in [-0.25, -0.2) is 4.68 Å². The Morgan fingerprint density at radius 1 is 0.644 bits per heavy atom. The van der Waals surface area contributed by atoms with Crippen LogP contribution in [0.15, 0.2) is 133 Å². The Bertz CT molecular complexity index is 2190. The largest absolute Gasteiger partial charge is 0.497 e. The summed E-state index contributed by atoms with van der Waals surface area (Å²) in [4.78, 5) is 2.52. The zero-order valence-electron chi connectivity index (χ0n) is 26.0. The maximum absolute atomic E-state index is 5.60. The number of para-hydroxylation sites is 1. The second-order valence-electron chi connectivity index (χ2n) is 12.9. The average Bonchev–Trinajstić information content (AvgIpc) is 3.49. The minimum Gasteiger partial charge on any atom is -0.497 e. The van der Waals surface area contributed by atoms with Crippen LogP contribution >= 0.6 is 0 Å². The third-order valence-electron chi connectivity index (χ3n) is 9.01. The van der Waals surface area contributed by atoms with Crippen molar-refractivity contribution in [3.63, 3.8) is 0 Å². The first kappa shape index (κ1) is 27.2. The summed E-state index contributed by atoms with van der Waals surface area (Å²) >= 11 is 0. The SMILES string of the molecule is COc1ccc(C2c3c(ccc4ccccc34)-c3c(C(C)(C)C)nn(-c4ccccc4)c3N2c2ccc3ccccc3c2)cc1. The van der Waals surface area contributed by atoms with E-state index in [1.54, 1.807) is 7.11 Å². The maximum Gasteiger partial charge on any atom is 0.145 e. The van der Waals surface area contributed by atoms with Gasteiger partial charge in [-0.05, 0) is 74.6 Å². The van der Waals surface area contributed by atoms with E-state index < -0.39 is 0 Å². The summed E-state index contributed by atoms with van der Waals surface area (Å²) in [5.41, 5.74) is 7.92. The van der Waals surface area contributed by atoms with Crippen LogP contribution in [0.3, 0.4) is 0 Å². The van der Waals surface area contributed by atoms with E-state index in [1.807, 2.05) is 0 Å². The van der Waals surface area contributed by atoms with Gasteiger partial charge in [-0.3, -0.25) is 0 Å². The van der Waals surface area contributed by atoms with Gasteiger partial charge in [0.25, 0.3) is 0 Å². The molecule has 0 fully saturated rings. The first-order chi connectivity index (χ1) is 21.9. The van der Waals surface area contributed by atoms with Crippen molar-refractivity contribution in [2.75, 3.05) is 12.0 Å². The number of benzene rings is 6. The third-order valence-corrected chi connectivity index (χ3v) is 9.01. The summed E-state index contributed by atoms with van der Waals surface area (Å²) in [6.07, 6.45) is 0. The van der Waals surface area contributed by atoms with E-state index in [4.69, 9.17) is 9.84 Å². The summed E-state index contributed by atoms with van der Waals surface area (Å²) in [6, 6.07) is 47.7. The Balaban J connectivity index is 1.55. The van der Waals surface area contributed by atoms with Gasteiger partial charge in [0.05, 0.1) is 24.5 Å². The van der Waals surface area contributed by atoms with Crippen LogP contribution in [0, 0.1) is 0 Å². The van der Waals surface area contributed by atoms with Gasteiger partial charge in [-0.2, -0.15) is 5.10 Å². The van der Waals surface area contributed by atoms with Crippen LogP contribution in [0.25, 0.3) is 38.4 Å². The lowest BCUT2D eigenvalue weighted by molar-refractivity contribution is 0.414. The second kappa shape index (κ2) is 10.4. The van der Waals surface area contributed by atoms with Gasteiger partial charge in [0.2, 0.25) is 0 Å². The van der Waals surface area contributed by atoms with Crippen LogP contribution in [0.4, 0.5) is 11.5 Å². The molecule has 0 aliphatic carbocycles. The smallest absolute Gasteiger partial charge is 0.145 e. The number of nitrogens with zero attached hydrogens (tertiary/aromatic N) is 3. The Morgan fingerprint density at radius 3 is 2.04 bits per heavy atom. The normalized spacial score (nSPS) is 14.4. The standard InChI is InChI=1S/C41H35N3O/c1-41(2,3)39-37-35-25-21-28-13-10-11-17-34(28)36(35)38(29-19-23-33(45-4)24-20-29)43(32-22-18-27-12-8-9-14-30(27)26-32)40(37)44(42-39)31-15-6-5-7-16-31/h5-26,38H,1-4H3. The second-order valence-corrected chi connectivity index (χ2v) is 12.9. The molecule has 6 aromatic carbocycles. The van der Waals surface area contributed by atoms with Crippen molar-refractivity contribution in [2.45, 2.75) is 32.2 Å². The van der Waals surface area contributed by atoms with Crippen molar-refractivity contribution in [1.82, 2.24) is 9.78 Å². The zero-order valence-corrected chi connectivity index (χ0v) is 26.0. The molecule has 220 valence electrons. The van der Waals surface area contributed by atoms with Crippen LogP contribution in [0.5, 0.6) is 5.75 Å². The van der Waals surface area contributed by atoms with Crippen molar-refractivity contribution in [3.05, 3.63) is 150 Å². The highest BCUT2D eigenvalue weighted by Crippen LogP contribution is 2.56. The molecule has 7 aromatic rings. The van der Waals surface area contributed by atoms with Crippen LogP contribution in [-0.2, 0) is 5.41 Å². The van der Waals surface area contributed by atoms with Crippen LogP contribution in [-0.4, -0.2) is 16.9 Å². The molecule has 0 amide bonds. The summed E-state index contributed by atoms with van der Waals surface area (Å²) in [6.45, 7) is 6.80. The first-order valence-corrected chi connectivity index (χ1v) is 15.6. The number of anilines is 2. The van der Waals surface area contributed by atoms with Gasteiger partial charge in [0.1, 0.15) is 11.6 Å². The van der Waals surface area contributed by atoms with Crippen LogP contribution in [0.2, 0.25) is 0 Å². The summed E-state index contributed by atoms with van der Waals surface area (Å²) in [5.74, 6) is 1.92. The van der Waals surface area contributed by atoms with E-state index in [2.05, 4.69) is 164 Å². The highest BCUT2D eigenvalue weighted by atomic mass is 16.5. The lowest BCUT2D eigenvalue weighted by atomic mass is 9.79. The summed E-state index contributed by atoms with van der Waals surface area (Å²) < 4.78 is 7.77. The number of methoxy groups -OCH3 is 1. The Labute approximate surface area is 264 Å². The van der Waals surface area contributed by atoms with Crippen molar-refractivity contribution >= 4 is 33.1 Å². The number of rotatable bonds is 4. The zero-order chi connectivity index (χ0) is 30.7. The molecule has 0 spiro atoms. The van der Waals surface area contributed by atoms with Gasteiger partial charge in [-0.1, -0.05) is 118 Å². The molecule has 4 heteroatoms. The molecule has 0 bridgehead atoms. The number of aromatic nitrogens is 2. The Kier molecular flexibility index (Phi) is 6.28. The molecule has 0 radical (unpaired) electrons. The minimum absolute atomic E-state index is 0.127. The molecule has 1 aromatic heterocycles. The Morgan fingerprint density at radius 2 is 1.31 bits per heavy atom. The molecule has 1 atom stereocenters. The van der Waals surface area contributed by atoms with Gasteiger partial charge in [-0.15, -0.1) is 0 Å². The highest BCUT2D eigenvalue weighted by molar-refractivity contribution is 6.00. The summed E-state index contributed by atoms with van der Waals surface area (Å²) in [7, 11) is 1.72. The quantitative estimate of drug-likeness (QED) is 0.206. The molecule has 0 saturated heterocycles. The molecule has 1 aliphatic rings. The molecule has 0 saturated carbocycles. The molecular weight excluding hydrogens is 550 g/mol. The summed E-state index contributed by atoms with van der Waals surface area (Å²) in [5, 5.41) is 10.4. The van der Waals surface area contributed by atoms with E-state index in [1.165, 1.54) is 43.8 Å². The van der Waals surface area contributed by atoms with Gasteiger partial charge < -0.3 is 9.64 Å². The lowest BCUT2D eigenvalue weighted by Gasteiger charge is -2.41. The molecule has 8 rings (SSSR count). The van der Waals surface area contributed by atoms with Crippen LogP contribution in [0.1, 0.15) is 43.6 Å². The monoisotopic (exact) mass is 585 g/mol. The first-order valence-electron chi connectivity index (χ1n) is 15.6. The van der Waals surface area contributed by atoms with Gasteiger partial charge >= 0.3 is 0 Å². The van der Waals surface area contributed by atoms with Gasteiger partial charge in [0, 0.05) is 16.7 Å². The van der Waals surface area contributed by atoms with E-state index in [0.29, 0.717) is 0 Å². The Hall–Kier alpha value is -5.35. The molecular formula is C41H35N3O. The predicted molar refractivity (Wildman–Crippen MR) is 186 cm³/mol.